The van der Waals surface area contributed by atoms with Crippen LogP contribution in [0.25, 0.3) is 0 Å². The van der Waals surface area contributed by atoms with Gasteiger partial charge in [0.05, 0.1) is 5.54 Å². The zero-order chi connectivity index (χ0) is 14.0. The highest BCUT2D eigenvalue weighted by atomic mass is 15.2. The maximum atomic E-state index is 3.80. The molecule has 2 nitrogen and oxygen atoms in total. The lowest BCUT2D eigenvalue weighted by atomic mass is 9.84. The topological polar surface area (TPSA) is 15.3 Å². The van der Waals surface area contributed by atoms with Crippen molar-refractivity contribution in [2.75, 3.05) is 19.6 Å². The molecule has 3 rings (SSSR count). The predicted molar refractivity (Wildman–Crippen MR) is 84.8 cm³/mol. The van der Waals surface area contributed by atoms with E-state index in [-0.39, 0.29) is 5.54 Å². The van der Waals surface area contributed by atoms with Gasteiger partial charge in [0.1, 0.15) is 0 Å². The number of benzene rings is 1. The van der Waals surface area contributed by atoms with E-state index >= 15 is 0 Å². The minimum absolute atomic E-state index is 0.0930. The normalized spacial score (nSPS) is 32.6. The van der Waals surface area contributed by atoms with E-state index in [1.54, 1.807) is 0 Å². The lowest BCUT2D eigenvalue weighted by Gasteiger charge is -2.39. The van der Waals surface area contributed by atoms with Crippen LogP contribution < -0.4 is 5.32 Å². The summed E-state index contributed by atoms with van der Waals surface area (Å²) in [4.78, 5) is 2.73. The molecule has 2 fully saturated rings. The van der Waals surface area contributed by atoms with E-state index < -0.39 is 0 Å². The summed E-state index contributed by atoms with van der Waals surface area (Å²) in [5, 5.41) is 3.80. The molecule has 0 spiro atoms. The van der Waals surface area contributed by atoms with Crippen molar-refractivity contribution in [3.63, 3.8) is 0 Å². The van der Waals surface area contributed by atoms with Gasteiger partial charge in [-0.2, -0.15) is 0 Å². The molecule has 2 atom stereocenters. The van der Waals surface area contributed by atoms with Gasteiger partial charge in [0.25, 0.3) is 0 Å². The number of nitrogens with zero attached hydrogens (tertiary/aromatic N) is 1. The molecule has 1 aromatic carbocycles. The lowest BCUT2D eigenvalue weighted by Crippen LogP contribution is -2.49. The van der Waals surface area contributed by atoms with Gasteiger partial charge in [0, 0.05) is 19.1 Å². The first-order chi connectivity index (χ1) is 9.67. The summed E-state index contributed by atoms with van der Waals surface area (Å²) in [6.45, 7) is 8.32. The van der Waals surface area contributed by atoms with Crippen LogP contribution in [0.1, 0.15) is 45.1 Å². The Bertz CT molecular complexity index is 426. The van der Waals surface area contributed by atoms with Crippen LogP contribution in [-0.2, 0) is 5.54 Å². The Morgan fingerprint density at radius 3 is 2.60 bits per heavy atom. The lowest BCUT2D eigenvalue weighted by molar-refractivity contribution is 0.120. The minimum atomic E-state index is 0.0930. The SMILES string of the molecule is CC1CCNC(C)(c2ccccc2)CN1CC1CCC1. The summed E-state index contributed by atoms with van der Waals surface area (Å²) in [5.41, 5.74) is 1.52. The standard InChI is InChI=1S/C18H28N2/c1-15-11-12-19-18(2,17-9-4-3-5-10-17)14-20(15)13-16-7-6-8-16/h3-5,9-10,15-16,19H,6-8,11-14H2,1-2H3. The molecule has 0 aromatic heterocycles. The molecule has 2 aliphatic rings. The molecular weight excluding hydrogens is 244 g/mol. The van der Waals surface area contributed by atoms with Crippen LogP contribution in [0.3, 0.4) is 0 Å². The zero-order valence-electron chi connectivity index (χ0n) is 12.9. The molecule has 20 heavy (non-hydrogen) atoms. The Hall–Kier alpha value is -0.860. The minimum Gasteiger partial charge on any atom is -0.306 e. The largest absolute Gasteiger partial charge is 0.306 e. The van der Waals surface area contributed by atoms with Gasteiger partial charge in [0.15, 0.2) is 0 Å². The van der Waals surface area contributed by atoms with Crippen molar-refractivity contribution in [2.45, 2.75) is 51.1 Å². The van der Waals surface area contributed by atoms with Crippen molar-refractivity contribution in [1.82, 2.24) is 10.2 Å². The van der Waals surface area contributed by atoms with Gasteiger partial charge in [-0.1, -0.05) is 36.8 Å². The Morgan fingerprint density at radius 2 is 1.95 bits per heavy atom. The molecule has 0 radical (unpaired) electrons. The fraction of sp³-hybridized carbons (Fsp3) is 0.667. The van der Waals surface area contributed by atoms with E-state index in [1.165, 1.54) is 37.8 Å². The molecule has 1 saturated carbocycles. The van der Waals surface area contributed by atoms with E-state index in [0.29, 0.717) is 6.04 Å². The van der Waals surface area contributed by atoms with Gasteiger partial charge >= 0.3 is 0 Å². The second-order valence-electron chi connectivity index (χ2n) is 6.99. The second-order valence-corrected chi connectivity index (χ2v) is 6.99. The van der Waals surface area contributed by atoms with Gasteiger partial charge in [-0.05, 0) is 51.1 Å². The average Bonchev–Trinajstić information content (AvgIpc) is 2.56. The van der Waals surface area contributed by atoms with Crippen LogP contribution in [0.5, 0.6) is 0 Å². The Labute approximate surface area is 123 Å². The molecule has 2 heteroatoms. The Balaban J connectivity index is 1.77. The maximum Gasteiger partial charge on any atom is 0.0535 e. The van der Waals surface area contributed by atoms with Crippen molar-refractivity contribution >= 4 is 0 Å². The van der Waals surface area contributed by atoms with Gasteiger partial charge in [0.2, 0.25) is 0 Å². The fourth-order valence-electron chi connectivity index (χ4n) is 3.61. The Morgan fingerprint density at radius 1 is 1.20 bits per heavy atom. The first-order valence-corrected chi connectivity index (χ1v) is 8.22. The third-order valence-corrected chi connectivity index (χ3v) is 5.35. The van der Waals surface area contributed by atoms with E-state index in [1.807, 2.05) is 0 Å². The zero-order valence-corrected chi connectivity index (χ0v) is 12.9. The van der Waals surface area contributed by atoms with Gasteiger partial charge in [-0.15, -0.1) is 0 Å². The molecule has 1 saturated heterocycles. The molecule has 2 unspecified atom stereocenters. The third kappa shape index (κ3) is 2.91. The van der Waals surface area contributed by atoms with Crippen LogP contribution in [0.4, 0.5) is 0 Å². The summed E-state index contributed by atoms with van der Waals surface area (Å²) < 4.78 is 0. The maximum absolute atomic E-state index is 3.80. The molecule has 1 N–H and O–H groups in total. The summed E-state index contributed by atoms with van der Waals surface area (Å²) in [6, 6.07) is 11.7. The van der Waals surface area contributed by atoms with E-state index in [2.05, 4.69) is 54.4 Å². The monoisotopic (exact) mass is 272 g/mol. The molecule has 0 bridgehead atoms. The van der Waals surface area contributed by atoms with Gasteiger partial charge in [-0.3, -0.25) is 4.90 Å². The van der Waals surface area contributed by atoms with Crippen molar-refractivity contribution in [3.05, 3.63) is 35.9 Å². The summed E-state index contributed by atoms with van der Waals surface area (Å²) in [6.07, 6.45) is 5.59. The highest BCUT2D eigenvalue weighted by Gasteiger charge is 2.34. The van der Waals surface area contributed by atoms with Gasteiger partial charge in [-0.25, -0.2) is 0 Å². The molecule has 1 aromatic rings. The smallest absolute Gasteiger partial charge is 0.0535 e. The van der Waals surface area contributed by atoms with Crippen LogP contribution in [0.2, 0.25) is 0 Å². The third-order valence-electron chi connectivity index (χ3n) is 5.35. The van der Waals surface area contributed by atoms with E-state index in [0.717, 1.165) is 19.0 Å². The highest BCUT2D eigenvalue weighted by Crippen LogP contribution is 2.31. The summed E-state index contributed by atoms with van der Waals surface area (Å²) in [5.74, 6) is 0.954. The highest BCUT2D eigenvalue weighted by molar-refractivity contribution is 5.24. The molecule has 1 aliphatic heterocycles. The molecular formula is C18H28N2. The second kappa shape index (κ2) is 5.87. The summed E-state index contributed by atoms with van der Waals surface area (Å²) >= 11 is 0. The van der Waals surface area contributed by atoms with Crippen molar-refractivity contribution < 1.29 is 0 Å². The molecule has 1 heterocycles. The van der Waals surface area contributed by atoms with Crippen LogP contribution >= 0.6 is 0 Å². The molecule has 1 aliphatic carbocycles. The van der Waals surface area contributed by atoms with Crippen molar-refractivity contribution in [2.24, 2.45) is 5.92 Å². The van der Waals surface area contributed by atoms with Crippen molar-refractivity contribution in [1.29, 1.82) is 0 Å². The fourth-order valence-corrected chi connectivity index (χ4v) is 3.61. The number of hydrogen-bond donors (Lipinski definition) is 1. The van der Waals surface area contributed by atoms with Crippen LogP contribution in [-0.4, -0.2) is 30.6 Å². The number of hydrogen-bond acceptors (Lipinski definition) is 2. The number of nitrogens with one attached hydrogen (secondary N) is 1. The van der Waals surface area contributed by atoms with Gasteiger partial charge < -0.3 is 5.32 Å². The first-order valence-electron chi connectivity index (χ1n) is 8.22. The van der Waals surface area contributed by atoms with Crippen LogP contribution in [0.15, 0.2) is 30.3 Å². The Kier molecular flexibility index (Phi) is 4.13. The molecule has 0 amide bonds. The predicted octanol–water partition coefficient (Wildman–Crippen LogP) is 3.39. The number of rotatable bonds is 3. The molecule has 110 valence electrons. The van der Waals surface area contributed by atoms with Crippen molar-refractivity contribution in [3.8, 4) is 0 Å². The van der Waals surface area contributed by atoms with E-state index in [4.69, 9.17) is 0 Å². The first kappa shape index (κ1) is 14.1. The van der Waals surface area contributed by atoms with Crippen LogP contribution in [0, 0.1) is 5.92 Å². The van der Waals surface area contributed by atoms with E-state index in [9.17, 15) is 0 Å². The average molecular weight is 272 g/mol. The quantitative estimate of drug-likeness (QED) is 0.907. The summed E-state index contributed by atoms with van der Waals surface area (Å²) in [7, 11) is 0.